The van der Waals surface area contributed by atoms with Crippen LogP contribution in [0.2, 0.25) is 0 Å². The van der Waals surface area contributed by atoms with E-state index in [-0.39, 0.29) is 11.4 Å². The van der Waals surface area contributed by atoms with Crippen LogP contribution in [0.3, 0.4) is 0 Å². The predicted molar refractivity (Wildman–Crippen MR) is 112 cm³/mol. The van der Waals surface area contributed by atoms with Gasteiger partial charge in [-0.05, 0) is 31.0 Å². The van der Waals surface area contributed by atoms with Gasteiger partial charge in [-0.15, -0.1) is 0 Å². The van der Waals surface area contributed by atoms with Crippen molar-refractivity contribution in [1.29, 1.82) is 0 Å². The van der Waals surface area contributed by atoms with Crippen LogP contribution in [0, 0.1) is 0 Å². The minimum Gasteiger partial charge on any atom is -0.496 e. The lowest BCUT2D eigenvalue weighted by atomic mass is 9.74. The Morgan fingerprint density at radius 2 is 1.83 bits per heavy atom. The van der Waals surface area contributed by atoms with Crippen molar-refractivity contribution in [2.45, 2.75) is 23.2 Å². The molecular weight excluding hydrogens is 388 g/mol. The third-order valence-electron chi connectivity index (χ3n) is 5.61. The molecule has 1 fully saturated rings. The molecule has 2 aromatic carbocycles. The van der Waals surface area contributed by atoms with E-state index in [1.54, 1.807) is 31.5 Å². The van der Waals surface area contributed by atoms with Gasteiger partial charge in [0.2, 0.25) is 10.0 Å². The van der Waals surface area contributed by atoms with E-state index in [2.05, 4.69) is 9.71 Å². The van der Waals surface area contributed by atoms with Crippen molar-refractivity contribution in [3.63, 3.8) is 0 Å². The first-order valence-electron chi connectivity index (χ1n) is 9.60. The number of nitrogens with one attached hydrogen (secondary N) is 1. The number of para-hydroxylation sites is 2. The monoisotopic (exact) mass is 412 g/mol. The summed E-state index contributed by atoms with van der Waals surface area (Å²) in [6.45, 7) is 1.42. The van der Waals surface area contributed by atoms with Crippen LogP contribution in [0.5, 0.6) is 5.75 Å². The number of hydrogen-bond acceptors (Lipinski definition) is 5. The molecule has 0 radical (unpaired) electrons. The summed E-state index contributed by atoms with van der Waals surface area (Å²) in [5, 5.41) is 0.792. The maximum absolute atomic E-state index is 13.2. The molecule has 1 aliphatic rings. The van der Waals surface area contributed by atoms with Crippen LogP contribution in [-0.4, -0.2) is 40.3 Å². The lowest BCUT2D eigenvalue weighted by Gasteiger charge is -2.38. The van der Waals surface area contributed by atoms with Crippen LogP contribution in [0.4, 0.5) is 0 Å². The lowest BCUT2D eigenvalue weighted by Crippen LogP contribution is -2.44. The van der Waals surface area contributed by atoms with Gasteiger partial charge < -0.3 is 9.47 Å². The fourth-order valence-corrected chi connectivity index (χ4v) is 5.29. The van der Waals surface area contributed by atoms with Crippen molar-refractivity contribution in [3.8, 4) is 5.75 Å². The van der Waals surface area contributed by atoms with Gasteiger partial charge in [-0.2, -0.15) is 0 Å². The number of rotatable bonds is 6. The molecule has 152 valence electrons. The largest absolute Gasteiger partial charge is 0.496 e. The van der Waals surface area contributed by atoms with Crippen LogP contribution in [-0.2, 0) is 20.2 Å². The Balaban J connectivity index is 1.69. The van der Waals surface area contributed by atoms with Crippen LogP contribution in [0.1, 0.15) is 18.4 Å². The highest BCUT2D eigenvalue weighted by Gasteiger charge is 2.38. The molecule has 1 saturated heterocycles. The van der Waals surface area contributed by atoms with Crippen LogP contribution < -0.4 is 9.46 Å². The van der Waals surface area contributed by atoms with Gasteiger partial charge >= 0.3 is 0 Å². The van der Waals surface area contributed by atoms with E-state index in [0.717, 1.165) is 16.7 Å². The van der Waals surface area contributed by atoms with Gasteiger partial charge in [0.05, 0.1) is 12.6 Å². The van der Waals surface area contributed by atoms with Gasteiger partial charge in [-0.1, -0.05) is 36.4 Å². The molecule has 3 aromatic rings. The molecule has 0 saturated carbocycles. The minimum atomic E-state index is -3.75. The third kappa shape index (κ3) is 3.85. The standard InChI is InChI=1S/C22H24N2O4S/c1-27-19-9-3-2-8-18(19)22(11-14-28-15-12-22)16-24-29(25,26)20-10-4-6-17-7-5-13-23-21(17)20/h2-10,13,24H,11-12,14-16H2,1H3. The van der Waals surface area contributed by atoms with Gasteiger partial charge in [0.25, 0.3) is 0 Å². The molecule has 2 heterocycles. The average molecular weight is 413 g/mol. The number of fused-ring (bicyclic) bond motifs is 1. The Morgan fingerprint density at radius 3 is 2.62 bits per heavy atom. The smallest absolute Gasteiger partial charge is 0.242 e. The summed E-state index contributed by atoms with van der Waals surface area (Å²) in [7, 11) is -2.11. The maximum Gasteiger partial charge on any atom is 0.242 e. The molecule has 0 aliphatic carbocycles. The topological polar surface area (TPSA) is 77.5 Å². The fraction of sp³-hybridized carbons (Fsp3) is 0.318. The molecular formula is C22H24N2O4S. The van der Waals surface area contributed by atoms with Crippen molar-refractivity contribution in [1.82, 2.24) is 9.71 Å². The minimum absolute atomic E-state index is 0.192. The molecule has 1 aromatic heterocycles. The number of benzene rings is 2. The summed E-state index contributed by atoms with van der Waals surface area (Å²) in [4.78, 5) is 4.48. The van der Waals surface area contributed by atoms with E-state index in [9.17, 15) is 8.42 Å². The Hall–Kier alpha value is -2.48. The van der Waals surface area contributed by atoms with E-state index in [4.69, 9.17) is 9.47 Å². The molecule has 1 N–H and O–H groups in total. The molecule has 6 nitrogen and oxygen atoms in total. The molecule has 0 atom stereocenters. The van der Waals surface area contributed by atoms with Crippen molar-refractivity contribution in [3.05, 3.63) is 66.4 Å². The summed E-state index contributed by atoms with van der Waals surface area (Å²) in [6.07, 6.45) is 3.03. The molecule has 1 aliphatic heterocycles. The van der Waals surface area contributed by atoms with E-state index < -0.39 is 15.4 Å². The SMILES string of the molecule is COc1ccccc1C1(CNS(=O)(=O)c2cccc3cccnc23)CCOCC1. The second kappa shape index (κ2) is 8.10. The van der Waals surface area contributed by atoms with Gasteiger partial charge in [-0.3, -0.25) is 4.98 Å². The number of aromatic nitrogens is 1. The van der Waals surface area contributed by atoms with Crippen LogP contribution >= 0.6 is 0 Å². The number of hydrogen-bond donors (Lipinski definition) is 1. The van der Waals surface area contributed by atoms with Gasteiger partial charge in [0, 0.05) is 42.3 Å². The zero-order valence-corrected chi connectivity index (χ0v) is 17.1. The Bertz CT molecular complexity index is 1100. The summed E-state index contributed by atoms with van der Waals surface area (Å²) < 4.78 is 40.4. The molecule has 0 unspecified atom stereocenters. The quantitative estimate of drug-likeness (QED) is 0.672. The van der Waals surface area contributed by atoms with E-state index in [1.807, 2.05) is 36.4 Å². The first-order chi connectivity index (χ1) is 14.1. The van der Waals surface area contributed by atoms with Crippen molar-refractivity contribution in [2.24, 2.45) is 0 Å². The number of pyridine rings is 1. The highest BCUT2D eigenvalue weighted by atomic mass is 32.2. The molecule has 0 spiro atoms. The lowest BCUT2D eigenvalue weighted by molar-refractivity contribution is 0.0509. The Kier molecular flexibility index (Phi) is 5.54. The highest BCUT2D eigenvalue weighted by Crippen LogP contribution is 2.39. The predicted octanol–water partition coefficient (Wildman–Crippen LogP) is 3.27. The van der Waals surface area contributed by atoms with Crippen molar-refractivity contribution >= 4 is 20.9 Å². The third-order valence-corrected chi connectivity index (χ3v) is 7.05. The number of nitrogens with zero attached hydrogens (tertiary/aromatic N) is 1. The van der Waals surface area contributed by atoms with Gasteiger partial charge in [0.1, 0.15) is 10.6 Å². The summed E-state index contributed by atoms with van der Waals surface area (Å²) in [5.41, 5.74) is 1.08. The molecule has 29 heavy (non-hydrogen) atoms. The number of ether oxygens (including phenoxy) is 2. The highest BCUT2D eigenvalue weighted by molar-refractivity contribution is 7.89. The van der Waals surface area contributed by atoms with E-state index >= 15 is 0 Å². The second-order valence-electron chi connectivity index (χ2n) is 7.25. The average Bonchev–Trinajstić information content (AvgIpc) is 2.78. The summed E-state index contributed by atoms with van der Waals surface area (Å²) in [5.74, 6) is 0.764. The van der Waals surface area contributed by atoms with Gasteiger partial charge in [-0.25, -0.2) is 13.1 Å². The van der Waals surface area contributed by atoms with E-state index in [1.165, 1.54) is 0 Å². The molecule has 7 heteroatoms. The Morgan fingerprint density at radius 1 is 1.07 bits per heavy atom. The van der Waals surface area contributed by atoms with Crippen molar-refractivity contribution < 1.29 is 17.9 Å². The maximum atomic E-state index is 13.2. The Labute approximate surface area is 170 Å². The van der Waals surface area contributed by atoms with Crippen molar-refractivity contribution in [2.75, 3.05) is 26.9 Å². The summed E-state index contributed by atoms with van der Waals surface area (Å²) >= 11 is 0. The number of methoxy groups -OCH3 is 1. The second-order valence-corrected chi connectivity index (χ2v) is 8.98. The molecule has 4 rings (SSSR count). The summed E-state index contributed by atoms with van der Waals surface area (Å²) in [6, 6.07) is 16.6. The van der Waals surface area contributed by atoms with Crippen LogP contribution in [0.25, 0.3) is 10.9 Å². The van der Waals surface area contributed by atoms with Crippen LogP contribution in [0.15, 0.2) is 65.7 Å². The fourth-order valence-electron chi connectivity index (χ4n) is 3.99. The first-order valence-corrected chi connectivity index (χ1v) is 11.1. The molecule has 0 bridgehead atoms. The first kappa shape index (κ1) is 19.8. The molecule has 0 amide bonds. The normalized spacial score (nSPS) is 16.6. The number of sulfonamides is 1. The van der Waals surface area contributed by atoms with Gasteiger partial charge in [0.15, 0.2) is 0 Å². The van der Waals surface area contributed by atoms with E-state index in [0.29, 0.717) is 31.6 Å². The zero-order valence-electron chi connectivity index (χ0n) is 16.3. The zero-order chi connectivity index (χ0) is 20.3.